The van der Waals surface area contributed by atoms with E-state index in [0.29, 0.717) is 19.0 Å². The van der Waals surface area contributed by atoms with Crippen LogP contribution in [0.4, 0.5) is 5.95 Å². The molecule has 1 aliphatic heterocycles. The van der Waals surface area contributed by atoms with Crippen molar-refractivity contribution in [1.82, 2.24) is 20.3 Å². The van der Waals surface area contributed by atoms with Gasteiger partial charge >= 0.3 is 0 Å². The number of amides is 1. The average molecular weight is 297 g/mol. The lowest BCUT2D eigenvalue weighted by Gasteiger charge is -2.19. The molecule has 1 N–H and O–H groups in total. The number of anilines is 1. The van der Waals surface area contributed by atoms with Crippen molar-refractivity contribution in [2.75, 3.05) is 24.5 Å². The molecule has 3 heterocycles. The van der Waals surface area contributed by atoms with Gasteiger partial charge < -0.3 is 10.2 Å². The van der Waals surface area contributed by atoms with Crippen molar-refractivity contribution < 1.29 is 4.79 Å². The Bertz CT molecular complexity index is 701. The molecule has 114 valence electrons. The minimum absolute atomic E-state index is 0.0136. The molecular formula is C16H19N5O. The summed E-state index contributed by atoms with van der Waals surface area (Å²) in [5.74, 6) is 0.606. The second-order valence-electron chi connectivity index (χ2n) is 5.45. The molecule has 3 rings (SSSR count). The second kappa shape index (κ2) is 6.09. The minimum atomic E-state index is 0.0136. The maximum atomic E-state index is 11.7. The topological polar surface area (TPSA) is 71.0 Å². The van der Waals surface area contributed by atoms with Crippen LogP contribution in [0.3, 0.4) is 0 Å². The summed E-state index contributed by atoms with van der Waals surface area (Å²) >= 11 is 0. The van der Waals surface area contributed by atoms with Crippen LogP contribution in [0.1, 0.15) is 17.8 Å². The van der Waals surface area contributed by atoms with E-state index in [-0.39, 0.29) is 5.91 Å². The van der Waals surface area contributed by atoms with Crippen molar-refractivity contribution in [3.05, 3.63) is 35.8 Å². The lowest BCUT2D eigenvalue weighted by Crippen LogP contribution is -2.34. The zero-order chi connectivity index (χ0) is 15.5. The number of aryl methyl sites for hydroxylation is 2. The highest BCUT2D eigenvalue weighted by Crippen LogP contribution is 2.22. The van der Waals surface area contributed by atoms with Crippen LogP contribution in [0, 0.1) is 13.8 Å². The Kier molecular flexibility index (Phi) is 4.00. The Morgan fingerprint density at radius 1 is 1.18 bits per heavy atom. The first-order valence-corrected chi connectivity index (χ1v) is 7.43. The summed E-state index contributed by atoms with van der Waals surface area (Å²) in [6.07, 6.45) is 2.63. The van der Waals surface area contributed by atoms with Crippen LogP contribution in [0.5, 0.6) is 0 Å². The zero-order valence-electron chi connectivity index (χ0n) is 12.8. The van der Waals surface area contributed by atoms with E-state index in [9.17, 15) is 4.79 Å². The molecule has 6 nitrogen and oxygen atoms in total. The Morgan fingerprint density at radius 3 is 2.86 bits per heavy atom. The minimum Gasteiger partial charge on any atom is -0.354 e. The lowest BCUT2D eigenvalue weighted by atomic mass is 10.1. The van der Waals surface area contributed by atoms with E-state index in [4.69, 9.17) is 0 Å². The van der Waals surface area contributed by atoms with Gasteiger partial charge in [-0.1, -0.05) is 0 Å². The molecule has 0 bridgehead atoms. The molecule has 1 fully saturated rings. The van der Waals surface area contributed by atoms with Crippen molar-refractivity contribution in [1.29, 1.82) is 0 Å². The van der Waals surface area contributed by atoms with Crippen molar-refractivity contribution in [3.63, 3.8) is 0 Å². The Morgan fingerprint density at radius 2 is 2.05 bits per heavy atom. The number of hydrogen-bond donors (Lipinski definition) is 1. The molecule has 6 heteroatoms. The highest BCUT2D eigenvalue weighted by molar-refractivity contribution is 5.81. The number of hydrogen-bond acceptors (Lipinski definition) is 5. The second-order valence-corrected chi connectivity index (χ2v) is 5.45. The number of nitrogens with one attached hydrogen (secondary N) is 1. The standard InChI is InChI=1S/C16H19N5O/c1-11-4-5-13(12(2)19-11)14-6-8-18-16(20-14)21-9-3-7-17-15(22)10-21/h4-6,8H,3,7,9-10H2,1-2H3,(H,17,22). The first-order valence-electron chi connectivity index (χ1n) is 7.43. The largest absolute Gasteiger partial charge is 0.354 e. The van der Waals surface area contributed by atoms with Gasteiger partial charge in [-0.05, 0) is 38.5 Å². The quantitative estimate of drug-likeness (QED) is 0.909. The first-order chi connectivity index (χ1) is 10.6. The van der Waals surface area contributed by atoms with Gasteiger partial charge in [0.1, 0.15) is 0 Å². The number of nitrogens with zero attached hydrogens (tertiary/aromatic N) is 4. The molecule has 22 heavy (non-hydrogen) atoms. The normalized spacial score (nSPS) is 15.4. The third-order valence-electron chi connectivity index (χ3n) is 3.69. The molecule has 0 saturated carbocycles. The summed E-state index contributed by atoms with van der Waals surface area (Å²) in [5, 5.41) is 2.86. The molecule has 0 unspecified atom stereocenters. The summed E-state index contributed by atoms with van der Waals surface area (Å²) in [6.45, 7) is 5.72. The third-order valence-corrected chi connectivity index (χ3v) is 3.69. The molecule has 1 saturated heterocycles. The molecule has 2 aromatic heterocycles. The highest BCUT2D eigenvalue weighted by Gasteiger charge is 2.18. The van der Waals surface area contributed by atoms with E-state index in [1.165, 1.54) is 0 Å². The fraction of sp³-hybridized carbons (Fsp3) is 0.375. The van der Waals surface area contributed by atoms with E-state index >= 15 is 0 Å². The molecule has 0 atom stereocenters. The van der Waals surface area contributed by atoms with Gasteiger partial charge in [-0.3, -0.25) is 9.78 Å². The third kappa shape index (κ3) is 3.05. The van der Waals surface area contributed by atoms with E-state index in [1.54, 1.807) is 6.20 Å². The van der Waals surface area contributed by atoms with Gasteiger partial charge in [-0.15, -0.1) is 0 Å². The maximum Gasteiger partial charge on any atom is 0.239 e. The van der Waals surface area contributed by atoms with Crippen molar-refractivity contribution in [2.24, 2.45) is 0 Å². The van der Waals surface area contributed by atoms with Gasteiger partial charge in [0, 0.05) is 36.2 Å². The fourth-order valence-electron chi connectivity index (χ4n) is 2.58. The molecule has 0 aliphatic carbocycles. The summed E-state index contributed by atoms with van der Waals surface area (Å²) in [4.78, 5) is 27.0. The van der Waals surface area contributed by atoms with Gasteiger partial charge in [-0.25, -0.2) is 9.97 Å². The number of carbonyl (C=O) groups excluding carboxylic acids is 1. The summed E-state index contributed by atoms with van der Waals surface area (Å²) in [6, 6.07) is 5.88. The monoisotopic (exact) mass is 297 g/mol. The number of pyridine rings is 1. The maximum absolute atomic E-state index is 11.7. The molecule has 1 amide bonds. The summed E-state index contributed by atoms with van der Waals surface area (Å²) in [7, 11) is 0. The van der Waals surface area contributed by atoms with Gasteiger partial charge in [0.05, 0.1) is 12.2 Å². The smallest absolute Gasteiger partial charge is 0.239 e. The van der Waals surface area contributed by atoms with Crippen LogP contribution in [0.25, 0.3) is 11.3 Å². The zero-order valence-corrected chi connectivity index (χ0v) is 12.8. The van der Waals surface area contributed by atoms with Crippen molar-refractivity contribution in [3.8, 4) is 11.3 Å². The highest BCUT2D eigenvalue weighted by atomic mass is 16.2. The predicted octanol–water partition coefficient (Wildman–Crippen LogP) is 1.48. The number of aromatic nitrogens is 3. The Labute approximate surface area is 129 Å². The van der Waals surface area contributed by atoms with Crippen LogP contribution >= 0.6 is 0 Å². The van der Waals surface area contributed by atoms with Gasteiger partial charge in [0.25, 0.3) is 0 Å². The summed E-state index contributed by atoms with van der Waals surface area (Å²) < 4.78 is 0. The van der Waals surface area contributed by atoms with E-state index in [0.717, 1.165) is 35.6 Å². The van der Waals surface area contributed by atoms with Crippen LogP contribution in [-0.2, 0) is 4.79 Å². The first kappa shape index (κ1) is 14.4. The lowest BCUT2D eigenvalue weighted by molar-refractivity contribution is -0.119. The Balaban J connectivity index is 1.93. The van der Waals surface area contributed by atoms with E-state index in [2.05, 4.69) is 20.3 Å². The molecule has 0 radical (unpaired) electrons. The van der Waals surface area contributed by atoms with Gasteiger partial charge in [-0.2, -0.15) is 0 Å². The molecule has 1 aliphatic rings. The van der Waals surface area contributed by atoms with Crippen LogP contribution in [-0.4, -0.2) is 40.5 Å². The summed E-state index contributed by atoms with van der Waals surface area (Å²) in [5.41, 5.74) is 3.76. The van der Waals surface area contributed by atoms with Gasteiger partial charge in [0.15, 0.2) is 0 Å². The van der Waals surface area contributed by atoms with Gasteiger partial charge in [0.2, 0.25) is 11.9 Å². The van der Waals surface area contributed by atoms with Crippen LogP contribution in [0.15, 0.2) is 24.4 Å². The predicted molar refractivity (Wildman–Crippen MR) is 84.6 cm³/mol. The fourth-order valence-corrected chi connectivity index (χ4v) is 2.58. The van der Waals surface area contributed by atoms with E-state index < -0.39 is 0 Å². The number of rotatable bonds is 2. The van der Waals surface area contributed by atoms with Crippen LogP contribution in [0.2, 0.25) is 0 Å². The molecule has 0 spiro atoms. The average Bonchev–Trinajstić information content (AvgIpc) is 2.72. The number of carbonyl (C=O) groups is 1. The van der Waals surface area contributed by atoms with E-state index in [1.807, 2.05) is 36.9 Å². The van der Waals surface area contributed by atoms with Crippen LogP contribution < -0.4 is 10.2 Å². The molecule has 0 aromatic carbocycles. The molecular weight excluding hydrogens is 278 g/mol. The van der Waals surface area contributed by atoms with Crippen molar-refractivity contribution >= 4 is 11.9 Å². The molecule has 2 aromatic rings. The van der Waals surface area contributed by atoms with Crippen molar-refractivity contribution in [2.45, 2.75) is 20.3 Å². The SMILES string of the molecule is Cc1ccc(-c2ccnc(N3CCCNC(=O)C3)n2)c(C)n1. The Hall–Kier alpha value is -2.50.